The average Bonchev–Trinajstić information content (AvgIpc) is 2.75. The third-order valence-electron chi connectivity index (χ3n) is 4.68. The van der Waals surface area contributed by atoms with Gasteiger partial charge in [0.1, 0.15) is 11.6 Å². The molecule has 1 N–H and O–H groups in total. The Morgan fingerprint density at radius 1 is 1.28 bits per heavy atom. The van der Waals surface area contributed by atoms with Gasteiger partial charge in [-0.15, -0.1) is 0 Å². The van der Waals surface area contributed by atoms with Crippen molar-refractivity contribution in [1.29, 1.82) is 0 Å². The molecule has 29 heavy (non-hydrogen) atoms. The number of hydrogen-bond donors (Lipinski definition) is 1. The van der Waals surface area contributed by atoms with Crippen LogP contribution >= 0.6 is 11.6 Å². The number of urea groups is 1. The summed E-state index contributed by atoms with van der Waals surface area (Å²) >= 11 is 5.94. The van der Waals surface area contributed by atoms with Crippen LogP contribution in [0.4, 0.5) is 28.0 Å². The highest BCUT2D eigenvalue weighted by atomic mass is 35.5. The van der Waals surface area contributed by atoms with E-state index < -0.39 is 36.8 Å². The first kappa shape index (κ1) is 21.2. The van der Waals surface area contributed by atoms with Crippen LogP contribution in [0.2, 0.25) is 5.02 Å². The summed E-state index contributed by atoms with van der Waals surface area (Å²) in [7, 11) is 2.48. The normalized spacial score (nSPS) is 19.4. The zero-order valence-electron chi connectivity index (χ0n) is 15.4. The molecule has 2 amide bonds. The van der Waals surface area contributed by atoms with E-state index >= 15 is 0 Å². The summed E-state index contributed by atoms with van der Waals surface area (Å²) in [5.74, 6) is -0.728. The second kappa shape index (κ2) is 7.72. The number of amides is 2. The van der Waals surface area contributed by atoms with Crippen molar-refractivity contribution in [2.75, 3.05) is 26.0 Å². The summed E-state index contributed by atoms with van der Waals surface area (Å²) in [4.78, 5) is 13.0. The topological polar surface area (TPSA) is 50.8 Å². The zero-order valence-corrected chi connectivity index (χ0v) is 16.2. The molecule has 5 nitrogen and oxygen atoms in total. The minimum Gasteiger partial charge on any atom is -0.496 e. The highest BCUT2D eigenvalue weighted by Crippen LogP contribution is 2.48. The third-order valence-corrected chi connectivity index (χ3v) is 4.92. The molecule has 1 atom stereocenters. The third kappa shape index (κ3) is 3.84. The molecule has 0 saturated heterocycles. The molecule has 0 aliphatic carbocycles. The van der Waals surface area contributed by atoms with Gasteiger partial charge in [-0.25, -0.2) is 9.18 Å². The van der Waals surface area contributed by atoms with Crippen LogP contribution in [0.5, 0.6) is 5.75 Å². The number of benzene rings is 2. The van der Waals surface area contributed by atoms with E-state index in [9.17, 15) is 22.4 Å². The van der Waals surface area contributed by atoms with Crippen molar-refractivity contribution in [3.05, 3.63) is 58.4 Å². The molecule has 0 aromatic heterocycles. The molecule has 0 unspecified atom stereocenters. The molecule has 2 aromatic carbocycles. The molecule has 0 radical (unpaired) electrons. The lowest BCUT2D eigenvalue weighted by molar-refractivity contribution is -0.291. The van der Waals surface area contributed by atoms with Crippen molar-refractivity contribution in [3.8, 4) is 5.75 Å². The van der Waals surface area contributed by atoms with Gasteiger partial charge in [-0.2, -0.15) is 13.2 Å². The van der Waals surface area contributed by atoms with Crippen LogP contribution in [-0.2, 0) is 16.9 Å². The maximum Gasteiger partial charge on any atom is 0.423 e. The molecular weight excluding hydrogens is 416 g/mol. The number of nitrogens with zero attached hydrogens (tertiary/aromatic N) is 1. The van der Waals surface area contributed by atoms with Crippen LogP contribution in [0, 0.1) is 5.82 Å². The monoisotopic (exact) mass is 432 g/mol. The Morgan fingerprint density at radius 2 is 2.00 bits per heavy atom. The van der Waals surface area contributed by atoms with Gasteiger partial charge < -0.3 is 19.7 Å². The SMILES string of the molecule is COc1cccc(F)c1CO[C@@]1(C(F)(F)F)CN(C)C(=O)Nc2ccc(Cl)cc21. The molecule has 0 fully saturated rings. The van der Waals surface area contributed by atoms with Crippen LogP contribution in [0.25, 0.3) is 0 Å². The maximum atomic E-state index is 14.4. The van der Waals surface area contributed by atoms with Gasteiger partial charge >= 0.3 is 12.2 Å². The first-order valence-corrected chi connectivity index (χ1v) is 8.81. The van der Waals surface area contributed by atoms with Crippen molar-refractivity contribution >= 4 is 23.3 Å². The second-order valence-electron chi connectivity index (χ2n) is 6.51. The van der Waals surface area contributed by atoms with Crippen LogP contribution in [0.1, 0.15) is 11.1 Å². The molecule has 0 spiro atoms. The molecule has 1 aliphatic rings. The maximum absolute atomic E-state index is 14.4. The molecule has 10 heteroatoms. The van der Waals surface area contributed by atoms with E-state index in [1.807, 2.05) is 0 Å². The molecule has 0 saturated carbocycles. The van der Waals surface area contributed by atoms with Gasteiger partial charge in [0.2, 0.25) is 5.60 Å². The van der Waals surface area contributed by atoms with Crippen molar-refractivity contribution in [2.24, 2.45) is 0 Å². The molecule has 1 heterocycles. The first-order chi connectivity index (χ1) is 13.6. The number of rotatable bonds is 4. The van der Waals surface area contributed by atoms with Gasteiger partial charge in [0.15, 0.2) is 0 Å². The lowest BCUT2D eigenvalue weighted by atomic mass is 9.90. The lowest BCUT2D eigenvalue weighted by Gasteiger charge is -2.37. The highest BCUT2D eigenvalue weighted by Gasteiger charge is 2.60. The molecular formula is C19H17ClF4N2O3. The summed E-state index contributed by atoms with van der Waals surface area (Å²) < 4.78 is 67.9. The Balaban J connectivity index is 2.14. The van der Waals surface area contributed by atoms with Crippen molar-refractivity contribution in [1.82, 2.24) is 4.90 Å². The fraction of sp³-hybridized carbons (Fsp3) is 0.316. The van der Waals surface area contributed by atoms with Crippen LogP contribution in [-0.4, -0.2) is 37.8 Å². The number of likely N-dealkylation sites (N-methyl/N-ethyl adjacent to an activating group) is 1. The van der Waals surface area contributed by atoms with Crippen molar-refractivity contribution < 1.29 is 31.8 Å². The lowest BCUT2D eigenvalue weighted by Crippen LogP contribution is -2.52. The van der Waals surface area contributed by atoms with Crippen molar-refractivity contribution in [2.45, 2.75) is 18.4 Å². The average molecular weight is 433 g/mol. The molecule has 3 rings (SSSR count). The fourth-order valence-electron chi connectivity index (χ4n) is 3.17. The predicted octanol–water partition coefficient (Wildman–Crippen LogP) is 4.94. The quantitative estimate of drug-likeness (QED) is 0.696. The Kier molecular flexibility index (Phi) is 5.64. The number of nitrogens with one attached hydrogen (secondary N) is 1. The molecule has 0 bridgehead atoms. The van der Waals surface area contributed by atoms with E-state index in [0.717, 1.165) is 17.0 Å². The number of methoxy groups -OCH3 is 1. The molecule has 2 aromatic rings. The number of alkyl halides is 3. The second-order valence-corrected chi connectivity index (χ2v) is 6.95. The largest absolute Gasteiger partial charge is 0.496 e. The summed E-state index contributed by atoms with van der Waals surface area (Å²) in [6.45, 7) is -1.60. The summed E-state index contributed by atoms with van der Waals surface area (Å²) in [5, 5.41) is 2.44. The first-order valence-electron chi connectivity index (χ1n) is 8.43. The van der Waals surface area contributed by atoms with Gasteiger partial charge in [-0.1, -0.05) is 17.7 Å². The zero-order chi connectivity index (χ0) is 21.4. The van der Waals surface area contributed by atoms with E-state index in [0.29, 0.717) is 0 Å². The van der Waals surface area contributed by atoms with E-state index in [2.05, 4.69) is 5.32 Å². The number of anilines is 1. The highest BCUT2D eigenvalue weighted by molar-refractivity contribution is 6.30. The van der Waals surface area contributed by atoms with Gasteiger partial charge in [0, 0.05) is 23.3 Å². The number of carbonyl (C=O) groups excluding carboxylic acids is 1. The fourth-order valence-corrected chi connectivity index (χ4v) is 3.35. The minimum absolute atomic E-state index is 0.0308. The Bertz CT molecular complexity index is 938. The number of carbonyl (C=O) groups is 1. The number of halogens is 5. The molecule has 156 valence electrons. The van der Waals surface area contributed by atoms with E-state index in [4.69, 9.17) is 21.1 Å². The Hall–Kier alpha value is -2.52. The molecule has 1 aliphatic heterocycles. The smallest absolute Gasteiger partial charge is 0.423 e. The predicted molar refractivity (Wildman–Crippen MR) is 98.6 cm³/mol. The van der Waals surface area contributed by atoms with Crippen LogP contribution in [0.3, 0.4) is 0 Å². The van der Waals surface area contributed by atoms with Gasteiger partial charge in [-0.3, -0.25) is 0 Å². The van der Waals surface area contributed by atoms with Crippen LogP contribution in [0.15, 0.2) is 36.4 Å². The van der Waals surface area contributed by atoms with Gasteiger partial charge in [0.25, 0.3) is 0 Å². The Labute approximate surface area is 169 Å². The van der Waals surface area contributed by atoms with Gasteiger partial charge in [0.05, 0.1) is 25.8 Å². The minimum atomic E-state index is -4.95. The van der Waals surface area contributed by atoms with Crippen molar-refractivity contribution in [3.63, 3.8) is 0 Å². The van der Waals surface area contributed by atoms with Crippen LogP contribution < -0.4 is 10.1 Å². The van der Waals surface area contributed by atoms with Gasteiger partial charge in [-0.05, 0) is 30.3 Å². The number of fused-ring (bicyclic) bond motifs is 1. The van der Waals surface area contributed by atoms with E-state index in [-0.39, 0.29) is 27.6 Å². The standard InChI is InChI=1S/C19H17ClF4N2O3/c1-26-10-18(19(22,23)24,13-8-11(20)6-7-15(13)25-17(26)27)29-9-12-14(21)4-3-5-16(12)28-2/h3-8H,9-10H2,1-2H3,(H,25,27)/t18-/m0/s1. The number of ether oxygens (including phenoxy) is 2. The number of hydrogen-bond acceptors (Lipinski definition) is 3. The van der Waals surface area contributed by atoms with E-state index in [1.165, 1.54) is 38.4 Å². The van der Waals surface area contributed by atoms with E-state index in [1.54, 1.807) is 0 Å². The summed E-state index contributed by atoms with van der Waals surface area (Å²) in [6, 6.07) is 6.84. The summed E-state index contributed by atoms with van der Waals surface area (Å²) in [6.07, 6.45) is -4.95. The summed E-state index contributed by atoms with van der Waals surface area (Å²) in [5.41, 5.74) is -3.59. The Morgan fingerprint density at radius 3 is 2.66 bits per heavy atom.